The van der Waals surface area contributed by atoms with Crippen LogP contribution < -0.4 is 0 Å². The van der Waals surface area contributed by atoms with Gasteiger partial charge >= 0.3 is 0 Å². The van der Waals surface area contributed by atoms with E-state index in [1.165, 1.54) is 0 Å². The van der Waals surface area contributed by atoms with Gasteiger partial charge in [0.2, 0.25) is 0 Å². The van der Waals surface area contributed by atoms with Crippen LogP contribution in [0.4, 0.5) is 0 Å². The molecule has 0 N–H and O–H groups in total. The largest absolute Gasteiger partial charge is 0.376 e. The minimum absolute atomic E-state index is 0.435. The van der Waals surface area contributed by atoms with Crippen LogP contribution in [0, 0.1) is 11.3 Å². The lowest BCUT2D eigenvalue weighted by atomic mass is 10.2. The van der Waals surface area contributed by atoms with Crippen LogP contribution in [0.5, 0.6) is 0 Å². The zero-order valence-corrected chi connectivity index (χ0v) is 8.86. The highest BCUT2D eigenvalue weighted by atomic mass is 16.5. The van der Waals surface area contributed by atoms with E-state index in [2.05, 4.69) is 11.6 Å². The number of hydrogen-bond donors (Lipinski definition) is 0. The highest BCUT2D eigenvalue weighted by Gasteiger charge is 2.01. The second kappa shape index (κ2) is 5.94. The van der Waals surface area contributed by atoms with E-state index in [9.17, 15) is 0 Å². The summed E-state index contributed by atoms with van der Waals surface area (Å²) in [4.78, 5) is 3.95. The first-order chi connectivity index (χ1) is 7.24. The molecule has 1 aromatic rings. The molecule has 0 atom stereocenters. The fraction of sp³-hybridized carbons (Fsp3) is 0.333. The maximum atomic E-state index is 8.78. The topological polar surface area (TPSA) is 45.9 Å². The van der Waals surface area contributed by atoms with Crippen molar-refractivity contribution in [3.8, 4) is 6.07 Å². The zero-order chi connectivity index (χ0) is 11.1. The molecule has 0 aliphatic heterocycles. The fourth-order valence-electron chi connectivity index (χ4n) is 1.08. The summed E-state index contributed by atoms with van der Waals surface area (Å²) < 4.78 is 5.42. The molecule has 1 heterocycles. The molecule has 15 heavy (non-hydrogen) atoms. The number of aromatic nitrogens is 1. The van der Waals surface area contributed by atoms with Crippen LogP contribution in [-0.4, -0.2) is 11.6 Å². The SMILES string of the molecule is C=C(C)CCOCc1cccnc1C#N. The van der Waals surface area contributed by atoms with Crippen LogP contribution in [0.2, 0.25) is 0 Å². The monoisotopic (exact) mass is 202 g/mol. The number of rotatable bonds is 5. The lowest BCUT2D eigenvalue weighted by Gasteiger charge is -2.04. The Kier molecular flexibility index (Phi) is 4.52. The summed E-state index contributed by atoms with van der Waals surface area (Å²) in [6.07, 6.45) is 2.46. The van der Waals surface area contributed by atoms with Gasteiger partial charge in [-0.2, -0.15) is 5.26 Å². The standard InChI is InChI=1S/C12H14N2O/c1-10(2)5-7-15-9-11-4-3-6-14-12(11)8-13/h3-4,6H,1,5,7,9H2,2H3. The quantitative estimate of drug-likeness (QED) is 0.544. The van der Waals surface area contributed by atoms with Crippen LogP contribution in [0.15, 0.2) is 30.5 Å². The van der Waals surface area contributed by atoms with Gasteiger partial charge in [-0.1, -0.05) is 11.6 Å². The highest BCUT2D eigenvalue weighted by molar-refractivity contribution is 5.29. The Bertz CT molecular complexity index is 379. The third-order valence-corrected chi connectivity index (χ3v) is 1.93. The van der Waals surface area contributed by atoms with E-state index in [0.717, 1.165) is 17.6 Å². The maximum Gasteiger partial charge on any atom is 0.145 e. The van der Waals surface area contributed by atoms with Crippen molar-refractivity contribution < 1.29 is 4.74 Å². The van der Waals surface area contributed by atoms with Gasteiger partial charge in [-0.05, 0) is 19.4 Å². The Morgan fingerprint density at radius 3 is 3.13 bits per heavy atom. The van der Waals surface area contributed by atoms with Gasteiger partial charge in [-0.15, -0.1) is 6.58 Å². The number of hydrogen-bond acceptors (Lipinski definition) is 3. The molecule has 0 radical (unpaired) electrons. The highest BCUT2D eigenvalue weighted by Crippen LogP contribution is 2.06. The van der Waals surface area contributed by atoms with Crippen molar-refractivity contribution in [1.82, 2.24) is 4.98 Å². The molecule has 0 aliphatic carbocycles. The summed E-state index contributed by atoms with van der Waals surface area (Å²) >= 11 is 0. The first kappa shape index (κ1) is 11.4. The number of nitrogens with zero attached hydrogens (tertiary/aromatic N) is 2. The minimum Gasteiger partial charge on any atom is -0.376 e. The van der Waals surface area contributed by atoms with Gasteiger partial charge in [-0.3, -0.25) is 0 Å². The molecule has 3 heteroatoms. The summed E-state index contributed by atoms with van der Waals surface area (Å²) in [5.74, 6) is 0. The second-order valence-electron chi connectivity index (χ2n) is 3.38. The van der Waals surface area contributed by atoms with E-state index in [-0.39, 0.29) is 0 Å². The van der Waals surface area contributed by atoms with Crippen molar-refractivity contribution in [2.45, 2.75) is 20.0 Å². The fourth-order valence-corrected chi connectivity index (χ4v) is 1.08. The number of ether oxygens (including phenoxy) is 1. The van der Waals surface area contributed by atoms with Crippen molar-refractivity contribution in [3.05, 3.63) is 41.7 Å². The van der Waals surface area contributed by atoms with Crippen LogP contribution in [0.25, 0.3) is 0 Å². The molecular weight excluding hydrogens is 188 g/mol. The zero-order valence-electron chi connectivity index (χ0n) is 8.86. The molecule has 0 bridgehead atoms. The maximum absolute atomic E-state index is 8.78. The smallest absolute Gasteiger partial charge is 0.145 e. The van der Waals surface area contributed by atoms with Gasteiger partial charge in [0, 0.05) is 11.8 Å². The van der Waals surface area contributed by atoms with E-state index in [0.29, 0.717) is 18.9 Å². The Balaban J connectivity index is 2.44. The van der Waals surface area contributed by atoms with Gasteiger partial charge in [0.25, 0.3) is 0 Å². The molecule has 0 aliphatic rings. The predicted octanol–water partition coefficient (Wildman–Crippen LogP) is 2.44. The average molecular weight is 202 g/mol. The van der Waals surface area contributed by atoms with Crippen molar-refractivity contribution in [3.63, 3.8) is 0 Å². The summed E-state index contributed by atoms with van der Waals surface area (Å²) in [5.41, 5.74) is 2.37. The van der Waals surface area contributed by atoms with Crippen molar-refractivity contribution in [2.24, 2.45) is 0 Å². The third kappa shape index (κ3) is 3.92. The summed E-state index contributed by atoms with van der Waals surface area (Å²) in [6, 6.07) is 5.69. The molecule has 0 aromatic carbocycles. The van der Waals surface area contributed by atoms with E-state index in [1.54, 1.807) is 12.3 Å². The molecule has 0 unspecified atom stereocenters. The van der Waals surface area contributed by atoms with E-state index < -0.39 is 0 Å². The minimum atomic E-state index is 0.435. The first-order valence-corrected chi connectivity index (χ1v) is 4.80. The molecule has 0 spiro atoms. The Hall–Kier alpha value is -1.66. The number of pyridine rings is 1. The predicted molar refractivity (Wildman–Crippen MR) is 58.0 cm³/mol. The molecule has 0 amide bonds. The lowest BCUT2D eigenvalue weighted by Crippen LogP contribution is -1.99. The molecule has 1 aromatic heterocycles. The van der Waals surface area contributed by atoms with Gasteiger partial charge in [0.1, 0.15) is 11.8 Å². The van der Waals surface area contributed by atoms with Gasteiger partial charge in [0.15, 0.2) is 0 Å². The Labute approximate surface area is 90.0 Å². The van der Waals surface area contributed by atoms with Crippen LogP contribution in [-0.2, 0) is 11.3 Å². The lowest BCUT2D eigenvalue weighted by molar-refractivity contribution is 0.123. The molecule has 0 saturated heterocycles. The van der Waals surface area contributed by atoms with Crippen LogP contribution >= 0.6 is 0 Å². The van der Waals surface area contributed by atoms with Gasteiger partial charge in [-0.25, -0.2) is 4.98 Å². The third-order valence-electron chi connectivity index (χ3n) is 1.93. The number of nitriles is 1. The normalized spacial score (nSPS) is 9.60. The van der Waals surface area contributed by atoms with Crippen LogP contribution in [0.3, 0.4) is 0 Å². The Morgan fingerprint density at radius 1 is 1.67 bits per heavy atom. The molecule has 0 saturated carbocycles. The van der Waals surface area contributed by atoms with E-state index in [4.69, 9.17) is 10.00 Å². The van der Waals surface area contributed by atoms with Gasteiger partial charge in [0.05, 0.1) is 13.2 Å². The summed E-state index contributed by atoms with van der Waals surface area (Å²) in [6.45, 7) is 6.82. The van der Waals surface area contributed by atoms with Crippen molar-refractivity contribution in [1.29, 1.82) is 5.26 Å². The Morgan fingerprint density at radius 2 is 2.47 bits per heavy atom. The summed E-state index contributed by atoms with van der Waals surface area (Å²) in [5, 5.41) is 8.78. The molecule has 1 rings (SSSR count). The summed E-state index contributed by atoms with van der Waals surface area (Å²) in [7, 11) is 0. The molecular formula is C12H14N2O. The van der Waals surface area contributed by atoms with E-state index >= 15 is 0 Å². The van der Waals surface area contributed by atoms with Crippen molar-refractivity contribution >= 4 is 0 Å². The molecule has 78 valence electrons. The molecule has 0 fully saturated rings. The average Bonchev–Trinajstić information content (AvgIpc) is 2.24. The van der Waals surface area contributed by atoms with E-state index in [1.807, 2.05) is 19.1 Å². The second-order valence-corrected chi connectivity index (χ2v) is 3.38. The first-order valence-electron chi connectivity index (χ1n) is 4.80. The van der Waals surface area contributed by atoms with Gasteiger partial charge < -0.3 is 4.74 Å². The molecule has 3 nitrogen and oxygen atoms in total. The van der Waals surface area contributed by atoms with Crippen molar-refractivity contribution in [2.75, 3.05) is 6.61 Å². The van der Waals surface area contributed by atoms with Crippen LogP contribution in [0.1, 0.15) is 24.6 Å².